The molecule has 6 heteroatoms. The van der Waals surface area contributed by atoms with E-state index in [1.165, 1.54) is 0 Å². The van der Waals surface area contributed by atoms with Gasteiger partial charge in [-0.15, -0.1) is 0 Å². The van der Waals surface area contributed by atoms with Crippen molar-refractivity contribution in [1.82, 2.24) is 4.90 Å². The third-order valence-corrected chi connectivity index (χ3v) is 7.62. The van der Waals surface area contributed by atoms with Crippen LogP contribution in [0.2, 0.25) is 10.0 Å². The molecule has 184 valence electrons. The maximum absolute atomic E-state index is 14.0. The molecule has 1 heterocycles. The Labute approximate surface area is 217 Å². The summed E-state index contributed by atoms with van der Waals surface area (Å²) in [6.07, 6.45) is 2.72. The van der Waals surface area contributed by atoms with Crippen LogP contribution in [0.5, 0.6) is 0 Å². The Balaban J connectivity index is 1.69. The fourth-order valence-electron chi connectivity index (χ4n) is 5.05. The van der Waals surface area contributed by atoms with Crippen molar-refractivity contribution in [2.24, 2.45) is 5.92 Å². The molecule has 4 nitrogen and oxygen atoms in total. The Morgan fingerprint density at radius 3 is 2.23 bits per heavy atom. The summed E-state index contributed by atoms with van der Waals surface area (Å²) in [6, 6.07) is 25.0. The van der Waals surface area contributed by atoms with Gasteiger partial charge in [-0.3, -0.25) is 4.79 Å². The minimum Gasteiger partial charge on any atom is -0.396 e. The standard InChI is InChI=1S/C29H32Cl2N2O2/c30-25-13-12-24(20-26(25)31)32-28(22-14-17-33(18-15-22)16-7-19-34)27(21-8-3-1-4-9-21)29(35)23-10-5-2-6-11-23/h1-6,8-13,20,22,27-28,32,34H,7,14-19H2. The number of hydrogen-bond acceptors (Lipinski definition) is 4. The maximum Gasteiger partial charge on any atom is 0.172 e. The number of hydrogen-bond donors (Lipinski definition) is 2. The highest BCUT2D eigenvalue weighted by Crippen LogP contribution is 2.36. The van der Waals surface area contributed by atoms with Crippen molar-refractivity contribution < 1.29 is 9.90 Å². The van der Waals surface area contributed by atoms with Crippen LogP contribution in [0.3, 0.4) is 0 Å². The van der Waals surface area contributed by atoms with Gasteiger partial charge in [0, 0.05) is 30.4 Å². The molecule has 35 heavy (non-hydrogen) atoms. The third kappa shape index (κ3) is 6.65. The molecule has 0 aromatic heterocycles. The number of anilines is 1. The zero-order valence-electron chi connectivity index (χ0n) is 19.7. The molecule has 3 aromatic rings. The fourth-order valence-corrected chi connectivity index (χ4v) is 5.34. The van der Waals surface area contributed by atoms with Crippen LogP contribution >= 0.6 is 23.2 Å². The third-order valence-electron chi connectivity index (χ3n) is 6.88. The highest BCUT2D eigenvalue weighted by atomic mass is 35.5. The molecule has 1 aliphatic rings. The van der Waals surface area contributed by atoms with E-state index in [4.69, 9.17) is 23.2 Å². The number of halogens is 2. The number of nitrogens with zero attached hydrogens (tertiary/aromatic N) is 1. The van der Waals surface area contributed by atoms with Crippen molar-refractivity contribution in [3.63, 3.8) is 0 Å². The summed E-state index contributed by atoms with van der Waals surface area (Å²) in [5.41, 5.74) is 2.57. The number of likely N-dealkylation sites (tertiary alicyclic amines) is 1. The Morgan fingerprint density at radius 1 is 0.943 bits per heavy atom. The van der Waals surface area contributed by atoms with Gasteiger partial charge >= 0.3 is 0 Å². The Morgan fingerprint density at radius 2 is 1.60 bits per heavy atom. The minimum atomic E-state index is -0.359. The van der Waals surface area contributed by atoms with E-state index in [-0.39, 0.29) is 30.3 Å². The molecule has 1 aliphatic heterocycles. The summed E-state index contributed by atoms with van der Waals surface area (Å²) >= 11 is 12.5. The quantitative estimate of drug-likeness (QED) is 0.304. The molecule has 0 aliphatic carbocycles. The summed E-state index contributed by atoms with van der Waals surface area (Å²) in [4.78, 5) is 16.4. The van der Waals surface area contributed by atoms with Gasteiger partial charge in [0.15, 0.2) is 5.78 Å². The summed E-state index contributed by atoms with van der Waals surface area (Å²) < 4.78 is 0. The number of Topliss-reactive ketones (excluding diaryl/α,β-unsaturated/α-hetero) is 1. The van der Waals surface area contributed by atoms with E-state index in [0.29, 0.717) is 15.6 Å². The molecule has 0 amide bonds. The lowest BCUT2D eigenvalue weighted by atomic mass is 9.75. The van der Waals surface area contributed by atoms with Gasteiger partial charge in [0.25, 0.3) is 0 Å². The van der Waals surface area contributed by atoms with E-state index < -0.39 is 0 Å². The summed E-state index contributed by atoms with van der Waals surface area (Å²) in [5, 5.41) is 13.9. The fraction of sp³-hybridized carbons (Fsp3) is 0.345. The number of aliphatic hydroxyl groups is 1. The van der Waals surface area contributed by atoms with Crippen LogP contribution in [0.25, 0.3) is 0 Å². The van der Waals surface area contributed by atoms with Crippen LogP contribution in [0, 0.1) is 5.92 Å². The van der Waals surface area contributed by atoms with Crippen molar-refractivity contribution in [2.45, 2.75) is 31.2 Å². The summed E-state index contributed by atoms with van der Waals surface area (Å²) in [7, 11) is 0. The molecule has 1 fully saturated rings. The number of ketones is 1. The van der Waals surface area contributed by atoms with E-state index in [2.05, 4.69) is 10.2 Å². The second kappa shape index (κ2) is 12.5. The minimum absolute atomic E-state index is 0.108. The summed E-state index contributed by atoms with van der Waals surface area (Å²) in [5.74, 6) is 0.0341. The van der Waals surface area contributed by atoms with E-state index in [1.807, 2.05) is 72.8 Å². The Hall–Kier alpha value is -2.37. The first kappa shape index (κ1) is 25.7. The van der Waals surface area contributed by atoms with E-state index in [0.717, 1.165) is 50.1 Å². The molecule has 2 N–H and O–H groups in total. The number of aliphatic hydroxyl groups excluding tert-OH is 1. The maximum atomic E-state index is 14.0. The van der Waals surface area contributed by atoms with Crippen LogP contribution in [0.1, 0.15) is 41.1 Å². The van der Waals surface area contributed by atoms with E-state index >= 15 is 0 Å². The molecule has 3 aromatic carbocycles. The zero-order chi connectivity index (χ0) is 24.6. The first-order valence-corrected chi connectivity index (χ1v) is 13.0. The molecule has 0 bridgehead atoms. The lowest BCUT2D eigenvalue weighted by Crippen LogP contribution is -2.45. The second-order valence-corrected chi connectivity index (χ2v) is 9.99. The number of rotatable bonds is 10. The molecular formula is C29H32Cl2N2O2. The van der Waals surface area contributed by atoms with Gasteiger partial charge in [0.1, 0.15) is 0 Å². The van der Waals surface area contributed by atoms with Crippen LogP contribution in [0.4, 0.5) is 5.69 Å². The first-order chi connectivity index (χ1) is 17.1. The largest absolute Gasteiger partial charge is 0.396 e. The molecule has 0 saturated carbocycles. The number of nitrogens with one attached hydrogen (secondary N) is 1. The molecule has 1 saturated heterocycles. The summed E-state index contributed by atoms with van der Waals surface area (Å²) in [6.45, 7) is 3.01. The van der Waals surface area contributed by atoms with Gasteiger partial charge < -0.3 is 15.3 Å². The SMILES string of the molecule is O=C(c1ccccc1)C(c1ccccc1)C(Nc1ccc(Cl)c(Cl)c1)C1CCN(CCCO)CC1. The van der Waals surface area contributed by atoms with Crippen LogP contribution < -0.4 is 5.32 Å². The molecule has 4 rings (SSSR count). The number of piperidine rings is 1. The normalized spacial score (nSPS) is 16.5. The molecule has 0 spiro atoms. The van der Waals surface area contributed by atoms with Gasteiger partial charge in [-0.2, -0.15) is 0 Å². The monoisotopic (exact) mass is 510 g/mol. The van der Waals surface area contributed by atoms with Gasteiger partial charge in [-0.1, -0.05) is 83.9 Å². The Kier molecular flexibility index (Phi) is 9.22. The Bertz CT molecular complexity index is 1090. The zero-order valence-corrected chi connectivity index (χ0v) is 21.3. The average molecular weight is 511 g/mol. The van der Waals surface area contributed by atoms with Gasteiger partial charge in [0.05, 0.1) is 16.0 Å². The topological polar surface area (TPSA) is 52.6 Å². The number of carbonyl (C=O) groups excluding carboxylic acids is 1. The van der Waals surface area contributed by atoms with Crippen LogP contribution in [-0.2, 0) is 0 Å². The van der Waals surface area contributed by atoms with Crippen molar-refractivity contribution in [2.75, 3.05) is 31.6 Å². The highest BCUT2D eigenvalue weighted by Gasteiger charge is 2.37. The smallest absolute Gasteiger partial charge is 0.172 e. The van der Waals surface area contributed by atoms with Crippen molar-refractivity contribution in [3.05, 3.63) is 100 Å². The molecular weight excluding hydrogens is 479 g/mol. The molecule has 0 radical (unpaired) electrons. The van der Waals surface area contributed by atoms with E-state index in [1.54, 1.807) is 6.07 Å². The lowest BCUT2D eigenvalue weighted by Gasteiger charge is -2.40. The number of benzene rings is 3. The van der Waals surface area contributed by atoms with Gasteiger partial charge in [-0.25, -0.2) is 0 Å². The molecule has 2 atom stereocenters. The van der Waals surface area contributed by atoms with E-state index in [9.17, 15) is 9.90 Å². The van der Waals surface area contributed by atoms with Crippen molar-refractivity contribution >= 4 is 34.7 Å². The predicted octanol–water partition coefficient (Wildman–Crippen LogP) is 6.54. The van der Waals surface area contributed by atoms with Crippen LogP contribution in [-0.4, -0.2) is 48.1 Å². The molecule has 2 unspecified atom stereocenters. The second-order valence-electron chi connectivity index (χ2n) is 9.17. The van der Waals surface area contributed by atoms with Crippen molar-refractivity contribution in [3.8, 4) is 0 Å². The van der Waals surface area contributed by atoms with Gasteiger partial charge in [-0.05, 0) is 62.0 Å². The lowest BCUT2D eigenvalue weighted by molar-refractivity contribution is 0.0916. The number of carbonyl (C=O) groups is 1. The first-order valence-electron chi connectivity index (χ1n) is 12.3. The highest BCUT2D eigenvalue weighted by molar-refractivity contribution is 6.42. The predicted molar refractivity (Wildman–Crippen MR) is 145 cm³/mol. The van der Waals surface area contributed by atoms with Gasteiger partial charge in [0.2, 0.25) is 0 Å². The van der Waals surface area contributed by atoms with Crippen molar-refractivity contribution in [1.29, 1.82) is 0 Å². The average Bonchev–Trinajstić information content (AvgIpc) is 2.90. The van der Waals surface area contributed by atoms with Crippen LogP contribution in [0.15, 0.2) is 78.9 Å².